The molecule has 0 spiro atoms. The Labute approximate surface area is 165 Å². The molecule has 3 rings (SSSR count). The van der Waals surface area contributed by atoms with Crippen molar-refractivity contribution < 1.29 is 19.1 Å². The van der Waals surface area contributed by atoms with Gasteiger partial charge in [-0.05, 0) is 33.3 Å². The summed E-state index contributed by atoms with van der Waals surface area (Å²) < 4.78 is 11.5. The molecule has 1 aliphatic carbocycles. The third-order valence-electron chi connectivity index (χ3n) is 4.80. The molecule has 1 unspecified atom stereocenters. The maximum absolute atomic E-state index is 12.3. The Morgan fingerprint density at radius 3 is 2.21 bits per heavy atom. The summed E-state index contributed by atoms with van der Waals surface area (Å²) in [7, 11) is 0. The zero-order chi connectivity index (χ0) is 20.6. The SMILES string of the molecule is C=C(C)C(=O)Oc1c2c(c(OC(=O)C(=C)C)c3ccc(C)cc13)C(C)C=CC2. The van der Waals surface area contributed by atoms with E-state index in [-0.39, 0.29) is 5.92 Å². The van der Waals surface area contributed by atoms with Crippen LogP contribution in [0.3, 0.4) is 0 Å². The Morgan fingerprint density at radius 1 is 1.00 bits per heavy atom. The van der Waals surface area contributed by atoms with Crippen molar-refractivity contribution in [1.29, 1.82) is 0 Å². The molecule has 0 aromatic heterocycles. The molecule has 1 aliphatic rings. The topological polar surface area (TPSA) is 52.6 Å². The van der Waals surface area contributed by atoms with Crippen LogP contribution in [0.1, 0.15) is 43.4 Å². The summed E-state index contributed by atoms with van der Waals surface area (Å²) in [6.45, 7) is 14.6. The van der Waals surface area contributed by atoms with Crippen LogP contribution in [0.25, 0.3) is 10.8 Å². The molecule has 0 bridgehead atoms. The number of fused-ring (bicyclic) bond motifs is 2. The van der Waals surface area contributed by atoms with Gasteiger partial charge in [0.15, 0.2) is 0 Å². The second-order valence-corrected chi connectivity index (χ2v) is 7.36. The summed E-state index contributed by atoms with van der Waals surface area (Å²) in [4.78, 5) is 24.7. The maximum Gasteiger partial charge on any atom is 0.338 e. The van der Waals surface area contributed by atoms with Gasteiger partial charge in [0.25, 0.3) is 0 Å². The molecule has 1 atom stereocenters. The highest BCUT2D eigenvalue weighted by atomic mass is 16.5. The monoisotopic (exact) mass is 376 g/mol. The second-order valence-electron chi connectivity index (χ2n) is 7.36. The van der Waals surface area contributed by atoms with E-state index in [4.69, 9.17) is 9.47 Å². The molecule has 0 aliphatic heterocycles. The van der Waals surface area contributed by atoms with Crippen LogP contribution < -0.4 is 9.47 Å². The van der Waals surface area contributed by atoms with Gasteiger partial charge in [0, 0.05) is 39.0 Å². The molecule has 144 valence electrons. The fourth-order valence-electron chi connectivity index (χ4n) is 3.37. The summed E-state index contributed by atoms with van der Waals surface area (Å²) in [5, 5.41) is 1.46. The van der Waals surface area contributed by atoms with Crippen molar-refractivity contribution in [2.45, 2.75) is 40.0 Å². The van der Waals surface area contributed by atoms with E-state index in [1.807, 2.05) is 38.1 Å². The van der Waals surface area contributed by atoms with Gasteiger partial charge in [0.2, 0.25) is 0 Å². The standard InChI is InChI=1S/C24H24O4/c1-13(2)23(25)27-21-18-9-7-8-16(6)20(18)22(28-24(26)14(3)4)17-11-10-15(5)12-19(17)21/h7-8,10-12,16H,1,3,9H2,2,4-6H3. The number of hydrogen-bond donors (Lipinski definition) is 0. The van der Waals surface area contributed by atoms with E-state index in [1.165, 1.54) is 0 Å². The van der Waals surface area contributed by atoms with Gasteiger partial charge in [-0.2, -0.15) is 0 Å². The fourth-order valence-corrected chi connectivity index (χ4v) is 3.37. The van der Waals surface area contributed by atoms with E-state index in [9.17, 15) is 9.59 Å². The van der Waals surface area contributed by atoms with Crippen molar-refractivity contribution in [1.82, 2.24) is 0 Å². The highest BCUT2D eigenvalue weighted by molar-refractivity contribution is 6.02. The number of ether oxygens (including phenoxy) is 2. The van der Waals surface area contributed by atoms with E-state index in [0.29, 0.717) is 29.1 Å². The Balaban J connectivity index is 2.36. The summed E-state index contributed by atoms with van der Waals surface area (Å²) >= 11 is 0. The normalized spacial score (nSPS) is 15.1. The van der Waals surface area contributed by atoms with E-state index in [0.717, 1.165) is 27.5 Å². The lowest BCUT2D eigenvalue weighted by Gasteiger charge is -2.26. The van der Waals surface area contributed by atoms with Gasteiger partial charge >= 0.3 is 11.9 Å². The largest absolute Gasteiger partial charge is 0.422 e. The average molecular weight is 376 g/mol. The van der Waals surface area contributed by atoms with Gasteiger partial charge in [-0.15, -0.1) is 0 Å². The molecule has 2 aromatic carbocycles. The number of carbonyl (C=O) groups is 2. The first-order valence-electron chi connectivity index (χ1n) is 9.21. The molecule has 0 amide bonds. The smallest absolute Gasteiger partial charge is 0.338 e. The summed E-state index contributed by atoms with van der Waals surface area (Å²) in [5.74, 6) is 0.0686. The molecule has 0 radical (unpaired) electrons. The van der Waals surface area contributed by atoms with Crippen LogP contribution in [-0.2, 0) is 16.0 Å². The lowest BCUT2D eigenvalue weighted by Crippen LogP contribution is -2.16. The van der Waals surface area contributed by atoms with Crippen molar-refractivity contribution in [3.05, 3.63) is 71.3 Å². The average Bonchev–Trinajstić information content (AvgIpc) is 2.63. The quantitative estimate of drug-likeness (QED) is 0.313. The minimum atomic E-state index is -0.475. The highest BCUT2D eigenvalue weighted by Crippen LogP contribution is 2.47. The molecule has 28 heavy (non-hydrogen) atoms. The molecule has 4 heteroatoms. The third kappa shape index (κ3) is 3.50. The second kappa shape index (κ2) is 7.47. The van der Waals surface area contributed by atoms with Crippen molar-refractivity contribution in [2.75, 3.05) is 0 Å². The molecule has 0 fully saturated rings. The first-order chi connectivity index (χ1) is 13.2. The Kier molecular flexibility index (Phi) is 5.23. The van der Waals surface area contributed by atoms with Crippen LogP contribution in [0.2, 0.25) is 0 Å². The summed E-state index contributed by atoms with van der Waals surface area (Å²) in [6, 6.07) is 5.79. The van der Waals surface area contributed by atoms with Gasteiger partial charge < -0.3 is 9.47 Å². The van der Waals surface area contributed by atoms with Crippen LogP contribution in [-0.4, -0.2) is 11.9 Å². The van der Waals surface area contributed by atoms with Gasteiger partial charge in [0.05, 0.1) is 0 Å². The third-order valence-corrected chi connectivity index (χ3v) is 4.80. The number of allylic oxidation sites excluding steroid dienone is 2. The van der Waals surface area contributed by atoms with Gasteiger partial charge in [0.1, 0.15) is 11.5 Å². The number of rotatable bonds is 4. The molecule has 2 aromatic rings. The van der Waals surface area contributed by atoms with Gasteiger partial charge in [-0.25, -0.2) is 9.59 Å². The number of esters is 2. The van der Waals surface area contributed by atoms with Gasteiger partial charge in [-0.1, -0.05) is 49.9 Å². The van der Waals surface area contributed by atoms with E-state index in [2.05, 4.69) is 19.2 Å². The Bertz CT molecular complexity index is 1060. The van der Waals surface area contributed by atoms with Crippen LogP contribution in [0.4, 0.5) is 0 Å². The Hall–Kier alpha value is -3.14. The predicted molar refractivity (Wildman–Crippen MR) is 111 cm³/mol. The molecule has 4 nitrogen and oxygen atoms in total. The van der Waals surface area contributed by atoms with Crippen LogP contribution in [0.15, 0.2) is 54.7 Å². The number of hydrogen-bond acceptors (Lipinski definition) is 4. The molecule has 0 N–H and O–H groups in total. The van der Waals surface area contributed by atoms with Crippen molar-refractivity contribution in [2.24, 2.45) is 0 Å². The lowest BCUT2D eigenvalue weighted by atomic mass is 9.84. The van der Waals surface area contributed by atoms with Crippen LogP contribution in [0.5, 0.6) is 11.5 Å². The van der Waals surface area contributed by atoms with E-state index >= 15 is 0 Å². The predicted octanol–water partition coefficient (Wildman–Crippen LogP) is 5.33. The van der Waals surface area contributed by atoms with Crippen molar-refractivity contribution in [3.63, 3.8) is 0 Å². The van der Waals surface area contributed by atoms with Gasteiger partial charge in [-0.3, -0.25) is 0 Å². The van der Waals surface area contributed by atoms with Crippen LogP contribution >= 0.6 is 0 Å². The fraction of sp³-hybridized carbons (Fsp3) is 0.250. The first kappa shape index (κ1) is 19.6. The van der Waals surface area contributed by atoms with Crippen molar-refractivity contribution >= 4 is 22.7 Å². The molecule has 0 saturated heterocycles. The Morgan fingerprint density at radius 2 is 1.61 bits per heavy atom. The molecule has 0 saturated carbocycles. The number of benzene rings is 2. The minimum Gasteiger partial charge on any atom is -0.422 e. The molecular weight excluding hydrogens is 352 g/mol. The molecular formula is C24H24O4. The minimum absolute atomic E-state index is 0.00431. The zero-order valence-electron chi connectivity index (χ0n) is 16.7. The van der Waals surface area contributed by atoms with Crippen LogP contribution in [0, 0.1) is 6.92 Å². The van der Waals surface area contributed by atoms with E-state index < -0.39 is 11.9 Å². The highest BCUT2D eigenvalue weighted by Gasteiger charge is 2.28. The first-order valence-corrected chi connectivity index (χ1v) is 9.21. The summed E-state index contributed by atoms with van der Waals surface area (Å²) in [5.41, 5.74) is 3.37. The van der Waals surface area contributed by atoms with E-state index in [1.54, 1.807) is 13.8 Å². The number of carbonyl (C=O) groups excluding carboxylic acids is 2. The summed E-state index contributed by atoms with van der Waals surface area (Å²) in [6.07, 6.45) is 4.68. The zero-order valence-corrected chi connectivity index (χ0v) is 16.7. The number of aryl methyl sites for hydroxylation is 1. The lowest BCUT2D eigenvalue weighted by molar-refractivity contribution is -0.131. The maximum atomic E-state index is 12.3. The molecule has 0 heterocycles. The van der Waals surface area contributed by atoms with Crippen molar-refractivity contribution in [3.8, 4) is 11.5 Å².